The summed E-state index contributed by atoms with van der Waals surface area (Å²) in [6, 6.07) is 14.3. The number of nitrogens with zero attached hydrogens (tertiary/aromatic N) is 3. The molecule has 2 heterocycles. The fourth-order valence-corrected chi connectivity index (χ4v) is 9.68. The minimum Gasteiger partial charge on any atom is -0.454 e. The Bertz CT molecular complexity index is 1490. The van der Waals surface area contributed by atoms with Crippen LogP contribution in [0.1, 0.15) is 77.5 Å². The van der Waals surface area contributed by atoms with E-state index in [4.69, 9.17) is 14.3 Å². The zero-order valence-corrected chi connectivity index (χ0v) is 32.0. The van der Waals surface area contributed by atoms with E-state index in [1.807, 2.05) is 12.1 Å². The number of aliphatic hydroxyl groups excluding tert-OH is 2. The SMILES string of the molecule is CC(C)C[C@@H](CN(C)C)N(Cc1cccc(CN2O[C@@H](CO)[C@@H]([C@H](C)O)[C@H]2C(=O)N[C@H]2C[C@@H]3C[C@@H]([C@H]2C)C3(C)C)c1)Cc1cccc2c1OCO2. The molecule has 0 unspecified atom stereocenters. The fourth-order valence-electron chi connectivity index (χ4n) is 9.68. The molecule has 51 heavy (non-hydrogen) atoms. The highest BCUT2D eigenvalue weighted by molar-refractivity contribution is 5.82. The van der Waals surface area contributed by atoms with Crippen molar-refractivity contribution < 1.29 is 29.3 Å². The number of benzene rings is 2. The molecule has 4 fully saturated rings. The Morgan fingerprint density at radius 2 is 1.80 bits per heavy atom. The second-order valence-electron chi connectivity index (χ2n) is 17.2. The molecule has 3 N–H and O–H groups in total. The largest absolute Gasteiger partial charge is 0.454 e. The summed E-state index contributed by atoms with van der Waals surface area (Å²) in [6.45, 7) is 15.9. The lowest BCUT2D eigenvalue weighted by atomic mass is 9.45. The molecule has 2 aromatic rings. The molecule has 5 aliphatic rings. The van der Waals surface area contributed by atoms with E-state index >= 15 is 0 Å². The molecular formula is C41H62N4O6. The third-order valence-corrected chi connectivity index (χ3v) is 12.5. The van der Waals surface area contributed by atoms with Gasteiger partial charge in [0.15, 0.2) is 11.5 Å². The van der Waals surface area contributed by atoms with Crippen LogP contribution in [0.5, 0.6) is 11.5 Å². The number of hydrogen-bond donors (Lipinski definition) is 3. The zero-order valence-electron chi connectivity index (χ0n) is 32.0. The Morgan fingerprint density at radius 1 is 1.06 bits per heavy atom. The molecule has 3 saturated carbocycles. The highest BCUT2D eigenvalue weighted by Gasteiger charge is 2.57. The number of carbonyl (C=O) groups excluding carboxylic acids is 1. The molecule has 2 aromatic carbocycles. The smallest absolute Gasteiger partial charge is 0.240 e. The second kappa shape index (κ2) is 15.7. The average molecular weight is 707 g/mol. The molecule has 10 nitrogen and oxygen atoms in total. The molecule has 1 amide bonds. The maximum Gasteiger partial charge on any atom is 0.240 e. The molecule has 9 atom stereocenters. The third-order valence-electron chi connectivity index (χ3n) is 12.5. The summed E-state index contributed by atoms with van der Waals surface area (Å²) in [4.78, 5) is 25.3. The van der Waals surface area contributed by atoms with Crippen LogP contribution >= 0.6 is 0 Å². The van der Waals surface area contributed by atoms with Crippen molar-refractivity contribution in [3.63, 3.8) is 0 Å². The molecule has 2 aliphatic heterocycles. The Kier molecular flexibility index (Phi) is 11.7. The van der Waals surface area contributed by atoms with Crippen molar-refractivity contribution in [2.75, 3.05) is 34.0 Å². The predicted molar refractivity (Wildman–Crippen MR) is 198 cm³/mol. The lowest BCUT2D eigenvalue weighted by Crippen LogP contribution is -2.62. The monoisotopic (exact) mass is 706 g/mol. The lowest BCUT2D eigenvalue weighted by Gasteiger charge is -2.62. The van der Waals surface area contributed by atoms with Crippen LogP contribution in [0.15, 0.2) is 42.5 Å². The van der Waals surface area contributed by atoms with Crippen LogP contribution in [0.4, 0.5) is 0 Å². The number of fused-ring (bicyclic) bond motifs is 3. The molecule has 10 heteroatoms. The minimum atomic E-state index is -0.831. The fraction of sp³-hybridized carbons (Fsp3) is 0.683. The number of ether oxygens (including phenoxy) is 2. The first-order valence-corrected chi connectivity index (χ1v) is 19.1. The summed E-state index contributed by atoms with van der Waals surface area (Å²) in [5.41, 5.74) is 3.60. The van der Waals surface area contributed by atoms with Gasteiger partial charge in [0.2, 0.25) is 12.7 Å². The second-order valence-corrected chi connectivity index (χ2v) is 17.2. The van der Waals surface area contributed by atoms with Gasteiger partial charge in [-0.2, -0.15) is 5.06 Å². The summed E-state index contributed by atoms with van der Waals surface area (Å²) in [5, 5.41) is 26.3. The Morgan fingerprint density at radius 3 is 2.47 bits per heavy atom. The first-order chi connectivity index (χ1) is 24.3. The standard InChI is InChI=1S/C41H62N4O6/c1-25(2)15-32(22-43(7)8)44(21-30-13-10-14-35-39(30)50-24-49-35)19-28-11-9-12-29(16-28)20-45-38(37(27(4)47)36(23-46)51-45)40(48)42-34-18-31-17-33(26(34)3)41(31,5)6/h9-14,16,25-27,31-34,36-38,46-47H,15,17-24H2,1-8H3,(H,42,48)/t26-,27+,31+,32+,33+,34+,36+,37-,38+/m1/s1. The lowest BCUT2D eigenvalue weighted by molar-refractivity contribution is -0.183. The van der Waals surface area contributed by atoms with Crippen LogP contribution in [0, 0.1) is 35.0 Å². The van der Waals surface area contributed by atoms with Crippen molar-refractivity contribution in [1.82, 2.24) is 20.2 Å². The number of hydroxylamine groups is 2. The highest BCUT2D eigenvalue weighted by atomic mass is 16.7. The minimum absolute atomic E-state index is 0.0945. The van der Waals surface area contributed by atoms with Gasteiger partial charge in [-0.15, -0.1) is 0 Å². The number of aliphatic hydroxyl groups is 2. The van der Waals surface area contributed by atoms with Crippen LogP contribution in [0.25, 0.3) is 0 Å². The van der Waals surface area contributed by atoms with E-state index < -0.39 is 24.2 Å². The zero-order chi connectivity index (χ0) is 36.6. The molecule has 7 rings (SSSR count). The van der Waals surface area contributed by atoms with Gasteiger partial charge in [-0.25, -0.2) is 0 Å². The van der Waals surface area contributed by atoms with Gasteiger partial charge in [0.05, 0.1) is 19.3 Å². The highest BCUT2D eigenvalue weighted by Crippen LogP contribution is 2.61. The molecule has 2 bridgehead atoms. The van der Waals surface area contributed by atoms with Gasteiger partial charge in [0.1, 0.15) is 12.1 Å². The third kappa shape index (κ3) is 8.11. The summed E-state index contributed by atoms with van der Waals surface area (Å²) >= 11 is 0. The van der Waals surface area contributed by atoms with Crippen molar-refractivity contribution in [2.45, 2.75) is 111 Å². The number of nitrogens with one attached hydrogen (secondary N) is 1. The number of carbonyl (C=O) groups is 1. The molecule has 1 saturated heterocycles. The number of para-hydroxylation sites is 1. The molecule has 3 aliphatic carbocycles. The first-order valence-electron chi connectivity index (χ1n) is 19.1. The van der Waals surface area contributed by atoms with E-state index in [-0.39, 0.29) is 25.3 Å². The summed E-state index contributed by atoms with van der Waals surface area (Å²) in [7, 11) is 4.26. The summed E-state index contributed by atoms with van der Waals surface area (Å²) < 4.78 is 11.6. The van der Waals surface area contributed by atoms with Crippen LogP contribution in [0.2, 0.25) is 0 Å². The Balaban J connectivity index is 1.22. The van der Waals surface area contributed by atoms with Crippen LogP contribution in [-0.2, 0) is 29.3 Å². The van der Waals surface area contributed by atoms with Crippen LogP contribution in [0.3, 0.4) is 0 Å². The maximum absolute atomic E-state index is 14.2. The Hall–Kier alpha value is -2.73. The van der Waals surface area contributed by atoms with Gasteiger partial charge in [-0.05, 0) is 86.6 Å². The van der Waals surface area contributed by atoms with Gasteiger partial charge in [-0.3, -0.25) is 14.5 Å². The first kappa shape index (κ1) is 38.0. The number of hydrogen-bond acceptors (Lipinski definition) is 9. The molecular weight excluding hydrogens is 644 g/mol. The normalized spacial score (nSPS) is 29.4. The van der Waals surface area contributed by atoms with Crippen molar-refractivity contribution >= 4 is 5.91 Å². The average Bonchev–Trinajstić information content (AvgIpc) is 3.70. The van der Waals surface area contributed by atoms with Gasteiger partial charge in [-0.1, -0.05) is 71.0 Å². The van der Waals surface area contributed by atoms with E-state index in [1.54, 1.807) is 12.0 Å². The van der Waals surface area contributed by atoms with Crippen LogP contribution in [-0.4, -0.2) is 95.4 Å². The number of likely N-dealkylation sites (N-methyl/N-ethyl adjacent to an activating group) is 1. The summed E-state index contributed by atoms with van der Waals surface area (Å²) in [6.07, 6.45) is 1.75. The van der Waals surface area contributed by atoms with Crippen molar-refractivity contribution in [3.8, 4) is 11.5 Å². The van der Waals surface area contributed by atoms with Gasteiger partial charge < -0.3 is 29.9 Å². The maximum atomic E-state index is 14.2. The van der Waals surface area contributed by atoms with Gasteiger partial charge >= 0.3 is 0 Å². The van der Waals surface area contributed by atoms with Crippen molar-refractivity contribution in [3.05, 3.63) is 59.2 Å². The predicted octanol–water partition coefficient (Wildman–Crippen LogP) is 5.05. The molecule has 0 aromatic heterocycles. The van der Waals surface area contributed by atoms with Crippen LogP contribution < -0.4 is 14.8 Å². The van der Waals surface area contributed by atoms with Gasteiger partial charge in [0.25, 0.3) is 0 Å². The quantitative estimate of drug-likeness (QED) is 0.235. The van der Waals surface area contributed by atoms with Crippen molar-refractivity contribution in [1.29, 1.82) is 0 Å². The number of rotatable bonds is 15. The van der Waals surface area contributed by atoms with E-state index in [1.165, 1.54) is 6.42 Å². The summed E-state index contributed by atoms with van der Waals surface area (Å²) in [5.74, 6) is 3.05. The van der Waals surface area contributed by atoms with E-state index in [0.717, 1.165) is 54.1 Å². The Labute approximate surface area is 305 Å². The van der Waals surface area contributed by atoms with E-state index in [9.17, 15) is 15.0 Å². The molecule has 282 valence electrons. The van der Waals surface area contributed by atoms with E-state index in [2.05, 4.69) is 94.2 Å². The van der Waals surface area contributed by atoms with E-state index in [0.29, 0.717) is 48.2 Å². The molecule has 0 spiro atoms. The number of amides is 1. The van der Waals surface area contributed by atoms with Crippen molar-refractivity contribution in [2.24, 2.45) is 35.0 Å². The molecule has 0 radical (unpaired) electrons. The van der Waals surface area contributed by atoms with Gasteiger partial charge in [0, 0.05) is 43.2 Å². The topological polar surface area (TPSA) is 107 Å².